The maximum absolute atomic E-state index is 11.3. The van der Waals surface area contributed by atoms with Gasteiger partial charge in [-0.2, -0.15) is 0 Å². The molecule has 1 N–H and O–H groups in total. The molecule has 0 aliphatic heterocycles. The van der Waals surface area contributed by atoms with Crippen molar-refractivity contribution in [3.63, 3.8) is 0 Å². The first-order valence-corrected chi connectivity index (χ1v) is 7.62. The quantitative estimate of drug-likeness (QED) is 0.919. The molecule has 2 atom stereocenters. The highest BCUT2D eigenvalue weighted by Crippen LogP contribution is 2.44. The second kappa shape index (κ2) is 5.59. The van der Waals surface area contributed by atoms with Gasteiger partial charge in [0.15, 0.2) is 0 Å². The zero-order valence-electron chi connectivity index (χ0n) is 11.7. The van der Waals surface area contributed by atoms with Gasteiger partial charge in [0, 0.05) is 7.11 Å². The number of hydrogen-bond donors (Lipinski definition) is 1. The SMILES string of the molecule is CCc1nc(C2(OC)CCCC(C)C2)sc1C(=O)O. The molecular formula is C14H21NO3S. The minimum Gasteiger partial charge on any atom is -0.477 e. The number of rotatable bonds is 4. The second-order valence-electron chi connectivity index (χ2n) is 5.35. The van der Waals surface area contributed by atoms with E-state index in [2.05, 4.69) is 11.9 Å². The van der Waals surface area contributed by atoms with E-state index in [1.165, 1.54) is 17.8 Å². The Balaban J connectivity index is 2.40. The number of aromatic nitrogens is 1. The van der Waals surface area contributed by atoms with Crippen molar-refractivity contribution in [2.75, 3.05) is 7.11 Å². The van der Waals surface area contributed by atoms with Crippen molar-refractivity contribution >= 4 is 17.3 Å². The van der Waals surface area contributed by atoms with Crippen molar-refractivity contribution in [1.29, 1.82) is 0 Å². The summed E-state index contributed by atoms with van der Waals surface area (Å²) in [5, 5.41) is 10.1. The molecule has 0 spiro atoms. The van der Waals surface area contributed by atoms with Crippen molar-refractivity contribution in [3.8, 4) is 0 Å². The molecule has 0 radical (unpaired) electrons. The molecule has 1 heterocycles. The van der Waals surface area contributed by atoms with Gasteiger partial charge in [0.25, 0.3) is 0 Å². The molecule has 0 saturated heterocycles. The second-order valence-corrected chi connectivity index (χ2v) is 6.35. The Morgan fingerprint density at radius 2 is 2.37 bits per heavy atom. The van der Waals surface area contributed by atoms with Crippen LogP contribution < -0.4 is 0 Å². The minimum atomic E-state index is -0.879. The van der Waals surface area contributed by atoms with E-state index < -0.39 is 5.97 Å². The Morgan fingerprint density at radius 1 is 1.63 bits per heavy atom. The van der Waals surface area contributed by atoms with Gasteiger partial charge in [-0.25, -0.2) is 9.78 Å². The number of carboxylic acid groups (broad SMARTS) is 1. The highest BCUT2D eigenvalue weighted by Gasteiger charge is 2.40. The Labute approximate surface area is 117 Å². The molecule has 19 heavy (non-hydrogen) atoms. The van der Waals surface area contributed by atoms with Crippen molar-refractivity contribution in [2.24, 2.45) is 5.92 Å². The molecule has 2 rings (SSSR count). The molecule has 0 amide bonds. The summed E-state index contributed by atoms with van der Waals surface area (Å²) < 4.78 is 5.78. The predicted octanol–water partition coefficient (Wildman–Crippen LogP) is 3.46. The largest absolute Gasteiger partial charge is 0.477 e. The Bertz CT molecular complexity index is 471. The number of nitrogens with zero attached hydrogens (tertiary/aromatic N) is 1. The lowest BCUT2D eigenvalue weighted by atomic mass is 9.79. The fourth-order valence-corrected chi connectivity index (χ4v) is 4.12. The van der Waals surface area contributed by atoms with Crippen LogP contribution >= 0.6 is 11.3 Å². The fraction of sp³-hybridized carbons (Fsp3) is 0.714. The van der Waals surface area contributed by atoms with Crippen molar-refractivity contribution in [3.05, 3.63) is 15.6 Å². The van der Waals surface area contributed by atoms with Crippen molar-refractivity contribution in [1.82, 2.24) is 4.98 Å². The number of thiazole rings is 1. The summed E-state index contributed by atoms with van der Waals surface area (Å²) in [7, 11) is 1.71. The van der Waals surface area contributed by atoms with Gasteiger partial charge >= 0.3 is 5.97 Å². The Morgan fingerprint density at radius 3 is 2.84 bits per heavy atom. The molecule has 4 nitrogen and oxygen atoms in total. The third kappa shape index (κ3) is 2.67. The van der Waals surface area contributed by atoms with E-state index in [9.17, 15) is 9.90 Å². The molecule has 5 heteroatoms. The van der Waals surface area contributed by atoms with Gasteiger partial charge in [-0.15, -0.1) is 11.3 Å². The van der Waals surface area contributed by atoms with Crippen LogP contribution in [0.5, 0.6) is 0 Å². The van der Waals surface area contributed by atoms with Crippen LogP contribution in [0.15, 0.2) is 0 Å². The minimum absolute atomic E-state index is 0.368. The van der Waals surface area contributed by atoms with Crippen LogP contribution in [0.3, 0.4) is 0 Å². The van der Waals surface area contributed by atoms with Crippen LogP contribution in [0.1, 0.15) is 59.9 Å². The lowest BCUT2D eigenvalue weighted by molar-refractivity contribution is -0.0581. The number of carbonyl (C=O) groups is 1. The van der Waals surface area contributed by atoms with E-state index in [0.29, 0.717) is 22.9 Å². The number of ether oxygens (including phenoxy) is 1. The monoisotopic (exact) mass is 283 g/mol. The molecule has 0 bridgehead atoms. The van der Waals surface area contributed by atoms with E-state index in [0.717, 1.165) is 24.3 Å². The number of methoxy groups -OCH3 is 1. The topological polar surface area (TPSA) is 59.4 Å². The summed E-state index contributed by atoms with van der Waals surface area (Å²) in [5.41, 5.74) is 0.308. The molecule has 0 aromatic carbocycles. The third-order valence-electron chi connectivity index (χ3n) is 3.96. The summed E-state index contributed by atoms with van der Waals surface area (Å²) in [4.78, 5) is 16.2. The summed E-state index contributed by atoms with van der Waals surface area (Å²) in [5.74, 6) is -0.285. The van der Waals surface area contributed by atoms with E-state index in [1.807, 2.05) is 6.92 Å². The van der Waals surface area contributed by atoms with E-state index >= 15 is 0 Å². The van der Waals surface area contributed by atoms with Crippen LogP contribution in [-0.2, 0) is 16.8 Å². The zero-order chi connectivity index (χ0) is 14.0. The van der Waals surface area contributed by atoms with Crippen LogP contribution in [0.4, 0.5) is 0 Å². The Kier molecular flexibility index (Phi) is 4.26. The van der Waals surface area contributed by atoms with E-state index in [1.54, 1.807) is 7.11 Å². The van der Waals surface area contributed by atoms with Crippen LogP contribution in [0.25, 0.3) is 0 Å². The van der Waals surface area contributed by atoms with Gasteiger partial charge in [0.05, 0.1) is 5.69 Å². The van der Waals surface area contributed by atoms with Gasteiger partial charge < -0.3 is 9.84 Å². The maximum atomic E-state index is 11.3. The average Bonchev–Trinajstić information content (AvgIpc) is 2.83. The molecule has 2 unspecified atom stereocenters. The number of carboxylic acids is 1. The molecule has 1 fully saturated rings. The molecule has 106 valence electrons. The first-order chi connectivity index (χ1) is 9.02. The Hall–Kier alpha value is -0.940. The van der Waals surface area contributed by atoms with Gasteiger partial charge in [-0.1, -0.05) is 20.3 Å². The highest BCUT2D eigenvalue weighted by atomic mass is 32.1. The van der Waals surface area contributed by atoms with Gasteiger partial charge in [-0.3, -0.25) is 0 Å². The first kappa shape index (κ1) is 14.5. The van der Waals surface area contributed by atoms with Gasteiger partial charge in [0.2, 0.25) is 0 Å². The number of aromatic carboxylic acids is 1. The van der Waals surface area contributed by atoms with Crippen molar-refractivity contribution in [2.45, 2.75) is 51.6 Å². The van der Waals surface area contributed by atoms with Crippen LogP contribution in [0, 0.1) is 5.92 Å². The predicted molar refractivity (Wildman–Crippen MR) is 74.8 cm³/mol. The standard InChI is InChI=1S/C14H21NO3S/c1-4-10-11(12(16)17)19-13(15-10)14(18-3)7-5-6-9(2)8-14/h9H,4-8H2,1-3H3,(H,16,17). The first-order valence-electron chi connectivity index (χ1n) is 6.81. The lowest BCUT2D eigenvalue weighted by Gasteiger charge is -2.37. The van der Waals surface area contributed by atoms with E-state index in [-0.39, 0.29) is 5.60 Å². The normalized spacial score (nSPS) is 27.4. The zero-order valence-corrected chi connectivity index (χ0v) is 12.5. The van der Waals surface area contributed by atoms with Gasteiger partial charge in [-0.05, 0) is 31.6 Å². The molecular weight excluding hydrogens is 262 g/mol. The number of hydrogen-bond acceptors (Lipinski definition) is 4. The van der Waals surface area contributed by atoms with Gasteiger partial charge in [0.1, 0.15) is 15.5 Å². The molecule has 1 aliphatic rings. The molecule has 1 saturated carbocycles. The number of aryl methyl sites for hydroxylation is 1. The van der Waals surface area contributed by atoms with Crippen molar-refractivity contribution < 1.29 is 14.6 Å². The summed E-state index contributed by atoms with van der Waals surface area (Å²) in [6, 6.07) is 0. The lowest BCUT2D eigenvalue weighted by Crippen LogP contribution is -2.34. The summed E-state index contributed by atoms with van der Waals surface area (Å²) >= 11 is 1.29. The van der Waals surface area contributed by atoms with E-state index in [4.69, 9.17) is 4.74 Å². The van der Waals surface area contributed by atoms with Crippen LogP contribution in [0.2, 0.25) is 0 Å². The average molecular weight is 283 g/mol. The maximum Gasteiger partial charge on any atom is 0.347 e. The molecule has 1 aliphatic carbocycles. The summed E-state index contributed by atoms with van der Waals surface area (Å²) in [6.45, 7) is 4.16. The smallest absolute Gasteiger partial charge is 0.347 e. The fourth-order valence-electron chi connectivity index (χ4n) is 2.92. The summed E-state index contributed by atoms with van der Waals surface area (Å²) in [6.07, 6.45) is 4.83. The molecule has 1 aromatic heterocycles. The third-order valence-corrected chi connectivity index (χ3v) is 5.23. The molecule has 1 aromatic rings. The van der Waals surface area contributed by atoms with Crippen LogP contribution in [-0.4, -0.2) is 23.2 Å². The highest BCUT2D eigenvalue weighted by molar-refractivity contribution is 7.13.